The van der Waals surface area contributed by atoms with Crippen molar-refractivity contribution in [2.75, 3.05) is 0 Å². The molecule has 5 nitrogen and oxygen atoms in total. The minimum atomic E-state index is -1.96. The molecule has 0 radical (unpaired) electrons. The van der Waals surface area contributed by atoms with Gasteiger partial charge in [0.25, 0.3) is 0 Å². The van der Waals surface area contributed by atoms with Crippen LogP contribution < -0.4 is 0 Å². The minimum absolute atomic E-state index is 0.0240. The molecule has 3 fully saturated rings. The summed E-state index contributed by atoms with van der Waals surface area (Å²) in [6.07, 6.45) is 4.95. The number of ether oxygens (including phenoxy) is 1. The van der Waals surface area contributed by atoms with Crippen LogP contribution in [-0.4, -0.2) is 40.0 Å². The van der Waals surface area contributed by atoms with E-state index in [4.69, 9.17) is 4.74 Å². The van der Waals surface area contributed by atoms with Crippen LogP contribution in [0.15, 0.2) is 23.8 Å². The number of hydrogen-bond donors (Lipinski definition) is 1. The zero-order valence-electron chi connectivity index (χ0n) is 19.0. The van der Waals surface area contributed by atoms with Crippen molar-refractivity contribution in [1.29, 1.82) is 0 Å². The maximum absolute atomic E-state index is 17.1. The summed E-state index contributed by atoms with van der Waals surface area (Å²) in [7, 11) is 0. The molecule has 0 aromatic carbocycles. The Labute approximate surface area is 183 Å². The Hall–Kier alpha value is -1.82. The fraction of sp³-hybridized carbons (Fsp3) is 0.720. The third kappa shape index (κ3) is 2.54. The second-order valence-corrected chi connectivity index (χ2v) is 10.5. The summed E-state index contributed by atoms with van der Waals surface area (Å²) in [5.41, 5.74) is -4.55. The number of carbonyl (C=O) groups is 3. The minimum Gasteiger partial charge on any atom is -0.450 e. The standard InChI is InChI=1S/C25H33FO5/c1-6-21(30)31-25(15(3)27)14(2)11-19-18-8-7-16-12-17(28)9-10-22(16,4)24(18,26)20(29)13-23(19,25)5/h9-10,12,14,18-20,29H,6-8,11,13H2,1-5H3/t14-,18?,19?,20-,22-,23-,24-,25-/m0/s1. The Morgan fingerprint density at radius 1 is 1.29 bits per heavy atom. The van der Waals surface area contributed by atoms with Crippen LogP contribution in [-0.2, 0) is 19.1 Å². The van der Waals surface area contributed by atoms with E-state index >= 15 is 4.39 Å². The molecule has 0 amide bonds. The lowest BCUT2D eigenvalue weighted by Gasteiger charge is -2.62. The fourth-order valence-corrected chi connectivity index (χ4v) is 7.82. The SMILES string of the molecule is CCC(=O)O[C@]1(C(C)=O)[C@@H](C)CC2C3CCC4=CC(=O)C=C[C@]4(C)[C@@]3(F)[C@@H](O)C[C@@]21C. The number of hydrogen-bond acceptors (Lipinski definition) is 5. The zero-order chi connectivity index (χ0) is 23.0. The number of allylic oxidation sites excluding steroid dienone is 4. The van der Waals surface area contributed by atoms with Crippen molar-refractivity contribution in [2.45, 2.75) is 84.1 Å². The van der Waals surface area contributed by atoms with Gasteiger partial charge in [-0.05, 0) is 57.6 Å². The summed E-state index contributed by atoms with van der Waals surface area (Å²) in [5, 5.41) is 11.4. The Morgan fingerprint density at radius 2 is 1.97 bits per heavy atom. The second-order valence-electron chi connectivity index (χ2n) is 10.5. The highest BCUT2D eigenvalue weighted by Crippen LogP contribution is 2.71. The van der Waals surface area contributed by atoms with Gasteiger partial charge >= 0.3 is 5.97 Å². The van der Waals surface area contributed by atoms with Gasteiger partial charge in [-0.15, -0.1) is 0 Å². The van der Waals surface area contributed by atoms with Gasteiger partial charge < -0.3 is 9.84 Å². The van der Waals surface area contributed by atoms with Gasteiger partial charge in [-0.2, -0.15) is 0 Å². The van der Waals surface area contributed by atoms with Crippen molar-refractivity contribution >= 4 is 17.5 Å². The highest BCUT2D eigenvalue weighted by Gasteiger charge is 2.76. The van der Waals surface area contributed by atoms with Crippen LogP contribution in [0.3, 0.4) is 0 Å². The van der Waals surface area contributed by atoms with Crippen molar-refractivity contribution in [3.63, 3.8) is 0 Å². The molecule has 1 N–H and O–H groups in total. The summed E-state index contributed by atoms with van der Waals surface area (Å²) in [6, 6.07) is 0. The molecule has 4 aliphatic rings. The lowest BCUT2D eigenvalue weighted by atomic mass is 9.44. The Bertz CT molecular complexity index is 908. The first-order chi connectivity index (χ1) is 14.4. The first-order valence-electron chi connectivity index (χ1n) is 11.4. The van der Waals surface area contributed by atoms with Crippen molar-refractivity contribution in [1.82, 2.24) is 0 Å². The molecule has 170 valence electrons. The summed E-state index contributed by atoms with van der Waals surface area (Å²) < 4.78 is 23.0. The van der Waals surface area contributed by atoms with E-state index in [1.54, 1.807) is 19.9 Å². The van der Waals surface area contributed by atoms with E-state index in [-0.39, 0.29) is 36.2 Å². The van der Waals surface area contributed by atoms with Crippen molar-refractivity contribution in [2.24, 2.45) is 28.6 Å². The summed E-state index contributed by atoms with van der Waals surface area (Å²) >= 11 is 0. The smallest absolute Gasteiger partial charge is 0.306 e. The number of aliphatic hydroxyl groups excluding tert-OH is 1. The molecule has 0 spiro atoms. The van der Waals surface area contributed by atoms with Crippen LogP contribution in [0.4, 0.5) is 4.39 Å². The lowest BCUT2D eigenvalue weighted by Crippen LogP contribution is -2.69. The average Bonchev–Trinajstić information content (AvgIpc) is 2.91. The van der Waals surface area contributed by atoms with Crippen LogP contribution in [0, 0.1) is 28.6 Å². The Kier molecular flexibility index (Phi) is 4.94. The molecule has 6 heteroatoms. The first-order valence-corrected chi connectivity index (χ1v) is 11.4. The maximum atomic E-state index is 17.1. The molecule has 8 atom stereocenters. The molecule has 0 aromatic heterocycles. The summed E-state index contributed by atoms with van der Waals surface area (Å²) in [4.78, 5) is 37.4. The molecule has 31 heavy (non-hydrogen) atoms. The number of fused-ring (bicyclic) bond motifs is 5. The quantitative estimate of drug-likeness (QED) is 0.685. The van der Waals surface area contributed by atoms with Gasteiger partial charge in [0.05, 0.1) is 6.10 Å². The lowest BCUT2D eigenvalue weighted by molar-refractivity contribution is -0.227. The van der Waals surface area contributed by atoms with Crippen molar-refractivity contribution < 1.29 is 28.6 Å². The number of alkyl halides is 1. The van der Waals surface area contributed by atoms with E-state index in [0.29, 0.717) is 19.3 Å². The molecule has 0 aliphatic heterocycles. The predicted molar refractivity (Wildman–Crippen MR) is 113 cm³/mol. The molecule has 2 unspecified atom stereocenters. The fourth-order valence-electron chi connectivity index (χ4n) is 7.82. The van der Waals surface area contributed by atoms with E-state index in [9.17, 15) is 19.5 Å². The molecule has 0 heterocycles. The number of halogens is 1. The predicted octanol–water partition coefficient (Wildman–Crippen LogP) is 3.88. The normalized spacial score (nSPS) is 48.4. The largest absolute Gasteiger partial charge is 0.450 e. The topological polar surface area (TPSA) is 80.7 Å². The zero-order valence-corrected chi connectivity index (χ0v) is 19.0. The third-order valence-corrected chi connectivity index (χ3v) is 9.27. The number of rotatable bonds is 3. The Morgan fingerprint density at radius 3 is 2.58 bits per heavy atom. The second kappa shape index (κ2) is 6.84. The van der Waals surface area contributed by atoms with Crippen LogP contribution >= 0.6 is 0 Å². The number of esters is 1. The molecule has 4 aliphatic carbocycles. The van der Waals surface area contributed by atoms with E-state index in [2.05, 4.69) is 0 Å². The molecule has 0 saturated heterocycles. The molecular weight excluding hydrogens is 399 g/mol. The van der Waals surface area contributed by atoms with Gasteiger partial charge in [0.2, 0.25) is 0 Å². The van der Waals surface area contributed by atoms with E-state index < -0.39 is 40.1 Å². The van der Waals surface area contributed by atoms with Gasteiger partial charge in [0.1, 0.15) is 0 Å². The van der Waals surface area contributed by atoms with Gasteiger partial charge in [-0.25, -0.2) is 4.39 Å². The van der Waals surface area contributed by atoms with Gasteiger partial charge in [0.15, 0.2) is 22.8 Å². The molecule has 3 saturated carbocycles. The third-order valence-electron chi connectivity index (χ3n) is 9.27. The van der Waals surface area contributed by atoms with E-state index in [0.717, 1.165) is 5.57 Å². The van der Waals surface area contributed by atoms with Crippen LogP contribution in [0.1, 0.15) is 66.7 Å². The number of carbonyl (C=O) groups excluding carboxylic acids is 3. The van der Waals surface area contributed by atoms with E-state index in [1.807, 2.05) is 13.8 Å². The molecule has 0 bridgehead atoms. The van der Waals surface area contributed by atoms with Gasteiger partial charge in [-0.1, -0.05) is 32.4 Å². The highest BCUT2D eigenvalue weighted by molar-refractivity contribution is 6.01. The van der Waals surface area contributed by atoms with Crippen molar-refractivity contribution in [3.05, 3.63) is 23.8 Å². The van der Waals surface area contributed by atoms with Gasteiger partial charge in [0, 0.05) is 29.1 Å². The average molecular weight is 433 g/mol. The van der Waals surface area contributed by atoms with Crippen LogP contribution in [0.2, 0.25) is 0 Å². The number of Topliss-reactive ketones (excluding diaryl/α,β-unsaturated/α-hetero) is 1. The summed E-state index contributed by atoms with van der Waals surface area (Å²) in [5.74, 6) is -1.86. The number of aliphatic hydroxyl groups is 1. The van der Waals surface area contributed by atoms with Crippen LogP contribution in [0.5, 0.6) is 0 Å². The monoisotopic (exact) mass is 432 g/mol. The van der Waals surface area contributed by atoms with Gasteiger partial charge in [-0.3, -0.25) is 14.4 Å². The van der Waals surface area contributed by atoms with E-state index in [1.165, 1.54) is 19.1 Å². The van der Waals surface area contributed by atoms with Crippen LogP contribution in [0.25, 0.3) is 0 Å². The highest BCUT2D eigenvalue weighted by atomic mass is 19.1. The molecular formula is C25H33FO5. The first kappa shape index (κ1) is 22.4. The molecule has 4 rings (SSSR count). The summed E-state index contributed by atoms with van der Waals surface area (Å²) in [6.45, 7) is 8.69. The number of ketones is 2. The molecule has 0 aromatic rings. The van der Waals surface area contributed by atoms with Crippen molar-refractivity contribution in [3.8, 4) is 0 Å². The Balaban J connectivity index is 1.84. The maximum Gasteiger partial charge on any atom is 0.306 e.